The molecular formula is C15H13Cl2N5O. The number of carbonyl (C=O) groups excluding carboxylic acids is 1. The van der Waals surface area contributed by atoms with E-state index >= 15 is 0 Å². The van der Waals surface area contributed by atoms with Gasteiger partial charge in [-0.15, -0.1) is 0 Å². The lowest BCUT2D eigenvalue weighted by atomic mass is 10.1. The third-order valence-corrected chi connectivity index (χ3v) is 3.56. The van der Waals surface area contributed by atoms with Gasteiger partial charge in [-0.1, -0.05) is 23.2 Å². The van der Waals surface area contributed by atoms with Crippen LogP contribution >= 0.6 is 23.2 Å². The second-order valence-corrected chi connectivity index (χ2v) is 5.32. The summed E-state index contributed by atoms with van der Waals surface area (Å²) in [6.45, 7) is 1.07. The molecule has 2 rings (SSSR count). The van der Waals surface area contributed by atoms with Crippen molar-refractivity contribution in [1.82, 2.24) is 15.3 Å². The summed E-state index contributed by atoms with van der Waals surface area (Å²) >= 11 is 11.5. The largest absolute Gasteiger partial charge is 0.354 e. The van der Waals surface area contributed by atoms with Crippen molar-refractivity contribution in [3.05, 3.63) is 51.8 Å². The van der Waals surface area contributed by atoms with Crippen molar-refractivity contribution in [3.63, 3.8) is 0 Å². The zero-order valence-electron chi connectivity index (χ0n) is 12.0. The smallest absolute Gasteiger partial charge is 0.251 e. The number of benzene rings is 1. The Morgan fingerprint density at radius 3 is 2.61 bits per heavy atom. The average molecular weight is 350 g/mol. The first-order chi connectivity index (χ1) is 11.1. The number of anilines is 1. The number of rotatable bonds is 6. The normalized spacial score (nSPS) is 9.96. The summed E-state index contributed by atoms with van der Waals surface area (Å²) in [6, 6.07) is 8.47. The monoisotopic (exact) mass is 349 g/mol. The van der Waals surface area contributed by atoms with Gasteiger partial charge in [-0.2, -0.15) is 10.2 Å². The predicted molar refractivity (Wildman–Crippen MR) is 88.6 cm³/mol. The molecule has 1 aromatic carbocycles. The number of hydrogen-bond acceptors (Lipinski definition) is 5. The second kappa shape index (κ2) is 8.32. The fraction of sp³-hybridized carbons (Fsp3) is 0.200. The van der Waals surface area contributed by atoms with E-state index < -0.39 is 0 Å². The van der Waals surface area contributed by atoms with E-state index in [0.29, 0.717) is 41.6 Å². The standard InChI is InChI=1S/C15H13Cl2N5O/c16-12-9-21-15(22-13(12)17)20-7-1-6-19-14(23)11-4-2-10(8-18)3-5-11/h2-5,9H,1,6-7H2,(H,19,23)(H,20,21,22). The third kappa shape index (κ3) is 5.09. The van der Waals surface area contributed by atoms with Gasteiger partial charge in [0.1, 0.15) is 0 Å². The fourth-order valence-electron chi connectivity index (χ4n) is 1.72. The predicted octanol–water partition coefficient (Wildman–Crippen LogP) is 2.89. The Balaban J connectivity index is 1.71. The Morgan fingerprint density at radius 2 is 1.96 bits per heavy atom. The first-order valence-electron chi connectivity index (χ1n) is 6.80. The van der Waals surface area contributed by atoms with Crippen molar-refractivity contribution < 1.29 is 4.79 Å². The van der Waals surface area contributed by atoms with Crippen LogP contribution in [0, 0.1) is 11.3 Å². The van der Waals surface area contributed by atoms with Gasteiger partial charge >= 0.3 is 0 Å². The van der Waals surface area contributed by atoms with Crippen LogP contribution < -0.4 is 10.6 Å². The molecule has 1 heterocycles. The number of carbonyl (C=O) groups is 1. The number of nitrogens with zero attached hydrogens (tertiary/aromatic N) is 3. The number of nitrogens with one attached hydrogen (secondary N) is 2. The first-order valence-corrected chi connectivity index (χ1v) is 7.56. The summed E-state index contributed by atoms with van der Waals surface area (Å²) in [5.74, 6) is 0.207. The zero-order chi connectivity index (χ0) is 16.7. The van der Waals surface area contributed by atoms with E-state index in [4.69, 9.17) is 28.5 Å². The molecule has 0 bridgehead atoms. The topological polar surface area (TPSA) is 90.7 Å². The van der Waals surface area contributed by atoms with Gasteiger partial charge in [-0.05, 0) is 30.7 Å². The maximum atomic E-state index is 11.9. The Hall–Kier alpha value is -2.36. The highest BCUT2D eigenvalue weighted by atomic mass is 35.5. The highest BCUT2D eigenvalue weighted by molar-refractivity contribution is 6.41. The molecule has 0 atom stereocenters. The van der Waals surface area contributed by atoms with Crippen LogP contribution in [0.15, 0.2) is 30.5 Å². The second-order valence-electron chi connectivity index (χ2n) is 4.56. The molecule has 0 radical (unpaired) electrons. The zero-order valence-corrected chi connectivity index (χ0v) is 13.5. The molecule has 118 valence electrons. The minimum atomic E-state index is -0.180. The van der Waals surface area contributed by atoms with E-state index in [1.54, 1.807) is 24.3 Å². The summed E-state index contributed by atoms with van der Waals surface area (Å²) < 4.78 is 0. The van der Waals surface area contributed by atoms with Crippen molar-refractivity contribution in [2.75, 3.05) is 18.4 Å². The van der Waals surface area contributed by atoms with Crippen LogP contribution in [-0.4, -0.2) is 29.0 Å². The van der Waals surface area contributed by atoms with Crippen LogP contribution in [0.5, 0.6) is 0 Å². The van der Waals surface area contributed by atoms with Gasteiger partial charge in [0.2, 0.25) is 5.95 Å². The van der Waals surface area contributed by atoms with E-state index in [-0.39, 0.29) is 11.1 Å². The fourth-order valence-corrected chi connectivity index (χ4v) is 1.94. The number of nitriles is 1. The third-order valence-electron chi connectivity index (χ3n) is 2.90. The molecule has 1 amide bonds. The molecule has 0 saturated heterocycles. The van der Waals surface area contributed by atoms with Crippen LogP contribution in [-0.2, 0) is 0 Å². The van der Waals surface area contributed by atoms with Gasteiger partial charge in [-0.3, -0.25) is 4.79 Å². The Morgan fingerprint density at radius 1 is 1.22 bits per heavy atom. The summed E-state index contributed by atoms with van der Waals surface area (Å²) in [5.41, 5.74) is 1.04. The van der Waals surface area contributed by atoms with E-state index in [1.807, 2.05) is 6.07 Å². The van der Waals surface area contributed by atoms with Crippen LogP contribution in [0.4, 0.5) is 5.95 Å². The molecule has 6 nitrogen and oxygen atoms in total. The lowest BCUT2D eigenvalue weighted by molar-refractivity contribution is 0.0953. The Bertz CT molecular complexity index is 728. The summed E-state index contributed by atoms with van der Waals surface area (Å²) in [4.78, 5) is 19.8. The number of amides is 1. The highest BCUT2D eigenvalue weighted by Gasteiger charge is 2.05. The Labute approximate surface area is 143 Å². The molecule has 8 heteroatoms. The SMILES string of the molecule is N#Cc1ccc(C(=O)NCCCNc2ncc(Cl)c(Cl)n2)cc1. The Kier molecular flexibility index (Phi) is 6.15. The molecule has 0 aliphatic carbocycles. The first kappa shape index (κ1) is 17.0. The average Bonchev–Trinajstić information content (AvgIpc) is 2.57. The molecule has 2 N–H and O–H groups in total. The number of hydrogen-bond donors (Lipinski definition) is 2. The highest BCUT2D eigenvalue weighted by Crippen LogP contribution is 2.18. The molecule has 0 aliphatic rings. The van der Waals surface area contributed by atoms with Gasteiger partial charge in [-0.25, -0.2) is 4.98 Å². The summed E-state index contributed by atoms with van der Waals surface area (Å²) in [7, 11) is 0. The van der Waals surface area contributed by atoms with Crippen molar-refractivity contribution in [3.8, 4) is 6.07 Å². The molecule has 0 saturated carbocycles. The van der Waals surface area contributed by atoms with Crippen molar-refractivity contribution in [2.24, 2.45) is 0 Å². The quantitative estimate of drug-likeness (QED) is 0.618. The summed E-state index contributed by atoms with van der Waals surface area (Å²) in [6.07, 6.45) is 2.11. The number of aromatic nitrogens is 2. The van der Waals surface area contributed by atoms with Crippen molar-refractivity contribution >= 4 is 35.1 Å². The lowest BCUT2D eigenvalue weighted by Gasteiger charge is -2.07. The molecule has 1 aromatic heterocycles. The van der Waals surface area contributed by atoms with Crippen molar-refractivity contribution in [2.45, 2.75) is 6.42 Å². The lowest BCUT2D eigenvalue weighted by Crippen LogP contribution is -2.25. The minimum absolute atomic E-state index is 0.180. The molecule has 0 unspecified atom stereocenters. The molecule has 0 spiro atoms. The van der Waals surface area contributed by atoms with Gasteiger partial charge in [0.15, 0.2) is 5.15 Å². The van der Waals surface area contributed by atoms with Gasteiger partial charge in [0, 0.05) is 18.7 Å². The van der Waals surface area contributed by atoms with Gasteiger partial charge in [0.05, 0.1) is 22.9 Å². The van der Waals surface area contributed by atoms with E-state index in [0.717, 1.165) is 0 Å². The number of halogens is 2. The van der Waals surface area contributed by atoms with E-state index in [2.05, 4.69) is 20.6 Å². The molecule has 0 fully saturated rings. The van der Waals surface area contributed by atoms with Gasteiger partial charge in [0.25, 0.3) is 5.91 Å². The molecule has 0 aliphatic heterocycles. The molecular weight excluding hydrogens is 337 g/mol. The van der Waals surface area contributed by atoms with Crippen molar-refractivity contribution in [1.29, 1.82) is 5.26 Å². The maximum Gasteiger partial charge on any atom is 0.251 e. The van der Waals surface area contributed by atoms with Crippen LogP contribution in [0.25, 0.3) is 0 Å². The van der Waals surface area contributed by atoms with E-state index in [1.165, 1.54) is 6.20 Å². The van der Waals surface area contributed by atoms with Crippen LogP contribution in [0.3, 0.4) is 0 Å². The molecule has 2 aromatic rings. The van der Waals surface area contributed by atoms with E-state index in [9.17, 15) is 4.79 Å². The van der Waals surface area contributed by atoms with Crippen LogP contribution in [0.1, 0.15) is 22.3 Å². The van der Waals surface area contributed by atoms with Crippen LogP contribution in [0.2, 0.25) is 10.2 Å². The minimum Gasteiger partial charge on any atom is -0.354 e. The summed E-state index contributed by atoms with van der Waals surface area (Å²) in [5, 5.41) is 15.0. The molecule has 23 heavy (non-hydrogen) atoms. The van der Waals surface area contributed by atoms with Gasteiger partial charge < -0.3 is 10.6 Å². The maximum absolute atomic E-state index is 11.9.